The molecule has 1 aliphatic carbocycles. The Labute approximate surface area is 117 Å². The van der Waals surface area contributed by atoms with Crippen molar-refractivity contribution >= 4 is 23.2 Å². The molecular formula is C14H14Cl2O2. The smallest absolute Gasteiger partial charge is 0.141 e. The minimum absolute atomic E-state index is 0.00106. The number of allylic oxidation sites excluding steroid dienone is 2. The van der Waals surface area contributed by atoms with E-state index in [0.29, 0.717) is 15.8 Å². The van der Waals surface area contributed by atoms with Crippen molar-refractivity contribution in [1.82, 2.24) is 0 Å². The van der Waals surface area contributed by atoms with Crippen LogP contribution in [0.1, 0.15) is 11.5 Å². The monoisotopic (exact) mass is 284 g/mol. The predicted molar refractivity (Wildman–Crippen MR) is 74.6 cm³/mol. The molecule has 0 radical (unpaired) electrons. The van der Waals surface area contributed by atoms with Gasteiger partial charge < -0.3 is 9.47 Å². The fourth-order valence-electron chi connectivity index (χ4n) is 2.16. The van der Waals surface area contributed by atoms with Gasteiger partial charge in [-0.3, -0.25) is 0 Å². The van der Waals surface area contributed by atoms with Gasteiger partial charge in [-0.05, 0) is 12.1 Å². The number of halogens is 2. The average molecular weight is 285 g/mol. The van der Waals surface area contributed by atoms with Crippen LogP contribution in [0.25, 0.3) is 0 Å². The molecular weight excluding hydrogens is 271 g/mol. The zero-order valence-electron chi connectivity index (χ0n) is 10.2. The van der Waals surface area contributed by atoms with Gasteiger partial charge in [0.2, 0.25) is 0 Å². The summed E-state index contributed by atoms with van der Waals surface area (Å²) in [6.45, 7) is 0. The lowest BCUT2D eigenvalue weighted by atomic mass is 9.89. The molecule has 0 saturated carbocycles. The van der Waals surface area contributed by atoms with Gasteiger partial charge in [0.05, 0.1) is 12.1 Å². The van der Waals surface area contributed by atoms with Crippen LogP contribution >= 0.6 is 23.2 Å². The lowest BCUT2D eigenvalue weighted by Gasteiger charge is -2.27. The SMILES string of the molecule is COc1c(Cl)cccc1C1C=CC=C(Cl)[C@@H]1OC. The van der Waals surface area contributed by atoms with E-state index < -0.39 is 0 Å². The van der Waals surface area contributed by atoms with Crippen molar-refractivity contribution in [2.75, 3.05) is 14.2 Å². The molecule has 2 nitrogen and oxygen atoms in total. The van der Waals surface area contributed by atoms with Crippen LogP contribution in [0, 0.1) is 0 Å². The summed E-state index contributed by atoms with van der Waals surface area (Å²) < 4.78 is 10.8. The summed E-state index contributed by atoms with van der Waals surface area (Å²) in [6.07, 6.45) is 5.59. The molecule has 1 unspecified atom stereocenters. The summed E-state index contributed by atoms with van der Waals surface area (Å²) in [5.41, 5.74) is 0.972. The topological polar surface area (TPSA) is 18.5 Å². The Morgan fingerprint density at radius 1 is 1.17 bits per heavy atom. The van der Waals surface area contributed by atoms with Gasteiger partial charge in [-0.15, -0.1) is 0 Å². The Bertz CT molecular complexity index is 495. The van der Waals surface area contributed by atoms with Gasteiger partial charge in [-0.25, -0.2) is 0 Å². The van der Waals surface area contributed by atoms with E-state index in [2.05, 4.69) is 0 Å². The van der Waals surface area contributed by atoms with Crippen LogP contribution in [0.5, 0.6) is 5.75 Å². The number of rotatable bonds is 3. The van der Waals surface area contributed by atoms with E-state index in [9.17, 15) is 0 Å². The highest BCUT2D eigenvalue weighted by atomic mass is 35.5. The minimum Gasteiger partial charge on any atom is -0.495 e. The zero-order chi connectivity index (χ0) is 13.1. The van der Waals surface area contributed by atoms with Crippen LogP contribution < -0.4 is 4.74 Å². The fraction of sp³-hybridized carbons (Fsp3) is 0.286. The summed E-state index contributed by atoms with van der Waals surface area (Å²) >= 11 is 12.3. The second-order valence-corrected chi connectivity index (χ2v) is 4.82. The summed E-state index contributed by atoms with van der Waals surface area (Å²) in [6, 6.07) is 5.67. The zero-order valence-corrected chi connectivity index (χ0v) is 11.7. The van der Waals surface area contributed by atoms with Crippen LogP contribution in [0.2, 0.25) is 5.02 Å². The molecule has 0 N–H and O–H groups in total. The highest BCUT2D eigenvalue weighted by molar-refractivity contribution is 6.32. The van der Waals surface area contributed by atoms with Crippen molar-refractivity contribution in [2.45, 2.75) is 12.0 Å². The third-order valence-electron chi connectivity index (χ3n) is 2.99. The van der Waals surface area contributed by atoms with E-state index in [4.69, 9.17) is 32.7 Å². The first-order valence-corrected chi connectivity index (χ1v) is 6.33. The molecule has 0 fully saturated rings. The maximum absolute atomic E-state index is 6.17. The number of hydrogen-bond donors (Lipinski definition) is 0. The molecule has 1 aromatic carbocycles. The van der Waals surface area contributed by atoms with Gasteiger partial charge in [0, 0.05) is 23.6 Å². The Morgan fingerprint density at radius 3 is 2.61 bits per heavy atom. The molecule has 2 rings (SSSR count). The molecule has 18 heavy (non-hydrogen) atoms. The maximum Gasteiger partial charge on any atom is 0.141 e. The molecule has 0 bridgehead atoms. The molecule has 0 amide bonds. The quantitative estimate of drug-likeness (QED) is 0.831. The molecule has 0 spiro atoms. The van der Waals surface area contributed by atoms with Crippen molar-refractivity contribution < 1.29 is 9.47 Å². The van der Waals surface area contributed by atoms with Gasteiger partial charge >= 0.3 is 0 Å². The maximum atomic E-state index is 6.17. The fourth-order valence-corrected chi connectivity index (χ4v) is 2.72. The molecule has 0 aromatic heterocycles. The highest BCUT2D eigenvalue weighted by Crippen LogP contribution is 2.40. The summed E-state index contributed by atoms with van der Waals surface area (Å²) in [5.74, 6) is 0.670. The van der Waals surface area contributed by atoms with Crippen molar-refractivity contribution in [2.24, 2.45) is 0 Å². The molecule has 0 saturated heterocycles. The van der Waals surface area contributed by atoms with E-state index in [1.165, 1.54) is 0 Å². The van der Waals surface area contributed by atoms with E-state index >= 15 is 0 Å². The van der Waals surface area contributed by atoms with Crippen LogP contribution in [-0.4, -0.2) is 20.3 Å². The van der Waals surface area contributed by atoms with E-state index in [1.807, 2.05) is 30.4 Å². The second-order valence-electron chi connectivity index (χ2n) is 3.98. The molecule has 1 aromatic rings. The van der Waals surface area contributed by atoms with Crippen molar-refractivity contribution in [3.63, 3.8) is 0 Å². The standard InChI is InChI=1S/C14H14Cl2O2/c1-17-13-9(5-3-7-11(13)15)10-6-4-8-12(16)14(10)18-2/h3-9,13H,1-2H3/t9?,13-/m1/s1. The molecule has 4 heteroatoms. The third kappa shape index (κ3) is 2.41. The largest absolute Gasteiger partial charge is 0.495 e. The number of para-hydroxylation sites is 1. The molecule has 0 heterocycles. The first-order valence-electron chi connectivity index (χ1n) is 5.58. The molecule has 2 atom stereocenters. The van der Waals surface area contributed by atoms with Crippen LogP contribution in [0.15, 0.2) is 41.5 Å². The summed E-state index contributed by atoms with van der Waals surface area (Å²) in [4.78, 5) is 0. The van der Waals surface area contributed by atoms with Gasteiger partial charge in [0.25, 0.3) is 0 Å². The van der Waals surface area contributed by atoms with Crippen molar-refractivity contribution in [3.05, 3.63) is 52.0 Å². The Hall–Kier alpha value is -0.960. The first kappa shape index (κ1) is 13.5. The van der Waals surface area contributed by atoms with Gasteiger partial charge in [0.1, 0.15) is 11.9 Å². The van der Waals surface area contributed by atoms with Crippen LogP contribution in [0.4, 0.5) is 0 Å². The predicted octanol–water partition coefficient (Wildman–Crippen LogP) is 4.14. The van der Waals surface area contributed by atoms with E-state index in [1.54, 1.807) is 20.3 Å². The molecule has 96 valence electrons. The average Bonchev–Trinajstić information content (AvgIpc) is 2.38. The van der Waals surface area contributed by atoms with Crippen LogP contribution in [0.3, 0.4) is 0 Å². The Balaban J connectivity index is 2.46. The number of hydrogen-bond acceptors (Lipinski definition) is 2. The van der Waals surface area contributed by atoms with Gasteiger partial charge in [-0.2, -0.15) is 0 Å². The van der Waals surface area contributed by atoms with E-state index in [-0.39, 0.29) is 12.0 Å². The highest BCUT2D eigenvalue weighted by Gasteiger charge is 2.28. The lowest BCUT2D eigenvalue weighted by molar-refractivity contribution is 0.124. The Morgan fingerprint density at radius 2 is 1.94 bits per heavy atom. The number of methoxy groups -OCH3 is 2. The summed E-state index contributed by atoms with van der Waals surface area (Å²) in [7, 11) is 3.25. The van der Waals surface area contributed by atoms with Gasteiger partial charge in [-0.1, -0.05) is 47.5 Å². The van der Waals surface area contributed by atoms with E-state index in [0.717, 1.165) is 5.56 Å². The Kier molecular flexibility index (Phi) is 4.33. The lowest BCUT2D eigenvalue weighted by Crippen LogP contribution is -2.22. The van der Waals surface area contributed by atoms with Crippen molar-refractivity contribution in [3.8, 4) is 5.75 Å². The van der Waals surface area contributed by atoms with Crippen LogP contribution in [-0.2, 0) is 4.74 Å². The normalized spacial score (nSPS) is 22.8. The minimum atomic E-state index is -0.205. The molecule has 0 aliphatic heterocycles. The third-order valence-corrected chi connectivity index (χ3v) is 3.63. The number of ether oxygens (including phenoxy) is 2. The molecule has 1 aliphatic rings. The first-order chi connectivity index (χ1) is 8.69. The van der Waals surface area contributed by atoms with Crippen molar-refractivity contribution in [1.29, 1.82) is 0 Å². The summed E-state index contributed by atoms with van der Waals surface area (Å²) in [5, 5.41) is 1.26. The number of benzene rings is 1. The second kappa shape index (κ2) is 5.79. The van der Waals surface area contributed by atoms with Gasteiger partial charge in [0.15, 0.2) is 0 Å².